The molecule has 0 amide bonds. The van der Waals surface area contributed by atoms with E-state index in [0.717, 1.165) is 18.4 Å². The monoisotopic (exact) mass is 256 g/mol. The fraction of sp³-hybridized carbons (Fsp3) is 0.500. The Morgan fingerprint density at radius 3 is 2.53 bits per heavy atom. The maximum atomic E-state index is 11.5. The van der Waals surface area contributed by atoms with Crippen LogP contribution in [0.15, 0.2) is 23.1 Å². The highest BCUT2D eigenvalue weighted by molar-refractivity contribution is 7.90. The fourth-order valence-electron chi connectivity index (χ4n) is 1.82. The minimum Gasteiger partial charge on any atom is -0.398 e. The number of sulfone groups is 1. The Labute approximate surface area is 103 Å². The molecule has 0 radical (unpaired) electrons. The van der Waals surface area contributed by atoms with E-state index in [2.05, 4.69) is 6.92 Å². The predicted octanol–water partition coefficient (Wildman–Crippen LogP) is 1.20. The van der Waals surface area contributed by atoms with Gasteiger partial charge in [0.1, 0.15) is 0 Å². The van der Waals surface area contributed by atoms with Gasteiger partial charge in [0.25, 0.3) is 0 Å². The Hall–Kier alpha value is -1.07. The van der Waals surface area contributed by atoms with Crippen LogP contribution < -0.4 is 11.5 Å². The number of hydrogen-bond acceptors (Lipinski definition) is 4. The van der Waals surface area contributed by atoms with Crippen molar-refractivity contribution in [3.63, 3.8) is 0 Å². The molecule has 5 heteroatoms. The summed E-state index contributed by atoms with van der Waals surface area (Å²) in [6, 6.07) is 5.19. The van der Waals surface area contributed by atoms with E-state index in [9.17, 15) is 8.42 Å². The quantitative estimate of drug-likeness (QED) is 0.775. The van der Waals surface area contributed by atoms with Crippen molar-refractivity contribution >= 4 is 15.5 Å². The first-order chi connectivity index (χ1) is 7.84. The minimum absolute atomic E-state index is 0.218. The third-order valence-electron chi connectivity index (χ3n) is 2.72. The summed E-state index contributed by atoms with van der Waals surface area (Å²) in [7, 11) is -3.25. The van der Waals surface area contributed by atoms with Gasteiger partial charge in [-0.2, -0.15) is 0 Å². The van der Waals surface area contributed by atoms with E-state index in [4.69, 9.17) is 11.5 Å². The molecule has 1 aromatic carbocycles. The van der Waals surface area contributed by atoms with Gasteiger partial charge in [-0.3, -0.25) is 0 Å². The van der Waals surface area contributed by atoms with Crippen molar-refractivity contribution in [1.29, 1.82) is 0 Å². The van der Waals surface area contributed by atoms with E-state index in [1.54, 1.807) is 12.1 Å². The molecular weight excluding hydrogens is 236 g/mol. The average molecular weight is 256 g/mol. The van der Waals surface area contributed by atoms with E-state index < -0.39 is 9.84 Å². The number of nitrogens with two attached hydrogens (primary N) is 2. The molecule has 0 aromatic heterocycles. The van der Waals surface area contributed by atoms with Gasteiger partial charge in [-0.15, -0.1) is 0 Å². The van der Waals surface area contributed by atoms with Gasteiger partial charge in [-0.25, -0.2) is 8.42 Å². The normalized spacial score (nSPS) is 13.6. The SMILES string of the molecule is CC(CCN)Cc1ccc(N)c(S(C)(=O)=O)c1. The van der Waals surface area contributed by atoms with Crippen molar-refractivity contribution in [3.8, 4) is 0 Å². The van der Waals surface area contributed by atoms with Crippen LogP contribution in [0.2, 0.25) is 0 Å². The molecule has 0 bridgehead atoms. The van der Waals surface area contributed by atoms with Crippen molar-refractivity contribution in [3.05, 3.63) is 23.8 Å². The minimum atomic E-state index is -3.25. The number of rotatable bonds is 5. The van der Waals surface area contributed by atoms with Crippen LogP contribution in [0.4, 0.5) is 5.69 Å². The smallest absolute Gasteiger partial charge is 0.177 e. The lowest BCUT2D eigenvalue weighted by molar-refractivity contribution is 0.538. The molecule has 96 valence electrons. The lowest BCUT2D eigenvalue weighted by atomic mass is 9.98. The second kappa shape index (κ2) is 5.51. The molecule has 1 unspecified atom stereocenters. The van der Waals surface area contributed by atoms with Gasteiger partial charge in [0.05, 0.1) is 10.6 Å². The van der Waals surface area contributed by atoms with Gasteiger partial charge in [-0.05, 0) is 43.0 Å². The zero-order valence-corrected chi connectivity index (χ0v) is 11.1. The average Bonchev–Trinajstić information content (AvgIpc) is 2.19. The van der Waals surface area contributed by atoms with Crippen molar-refractivity contribution in [2.45, 2.75) is 24.7 Å². The summed E-state index contributed by atoms with van der Waals surface area (Å²) in [5.74, 6) is 0.441. The topological polar surface area (TPSA) is 86.2 Å². The maximum absolute atomic E-state index is 11.5. The molecule has 0 spiro atoms. The van der Waals surface area contributed by atoms with Gasteiger partial charge >= 0.3 is 0 Å². The summed E-state index contributed by atoms with van der Waals surface area (Å²) in [5, 5.41) is 0. The van der Waals surface area contributed by atoms with Crippen molar-refractivity contribution in [2.24, 2.45) is 11.7 Å². The second-order valence-electron chi connectivity index (χ2n) is 4.53. The van der Waals surface area contributed by atoms with Gasteiger partial charge in [0, 0.05) is 6.26 Å². The number of hydrogen-bond donors (Lipinski definition) is 2. The summed E-state index contributed by atoms with van der Waals surface area (Å²) in [6.07, 6.45) is 2.92. The zero-order valence-electron chi connectivity index (χ0n) is 10.3. The Morgan fingerprint density at radius 2 is 2.00 bits per heavy atom. The van der Waals surface area contributed by atoms with Gasteiger partial charge in [0.2, 0.25) is 0 Å². The van der Waals surface area contributed by atoms with Crippen molar-refractivity contribution in [1.82, 2.24) is 0 Å². The molecule has 4 nitrogen and oxygen atoms in total. The van der Waals surface area contributed by atoms with Crippen LogP contribution in [-0.2, 0) is 16.3 Å². The second-order valence-corrected chi connectivity index (χ2v) is 6.52. The Morgan fingerprint density at radius 1 is 1.35 bits per heavy atom. The lowest BCUT2D eigenvalue weighted by Gasteiger charge is -2.12. The molecule has 0 aliphatic heterocycles. The highest BCUT2D eigenvalue weighted by Crippen LogP contribution is 2.21. The van der Waals surface area contributed by atoms with Crippen LogP contribution in [0.5, 0.6) is 0 Å². The van der Waals surface area contributed by atoms with Gasteiger partial charge in [0.15, 0.2) is 9.84 Å². The number of anilines is 1. The third-order valence-corrected chi connectivity index (χ3v) is 3.87. The molecule has 0 saturated carbocycles. The van der Waals surface area contributed by atoms with E-state index >= 15 is 0 Å². The fourth-order valence-corrected chi connectivity index (χ4v) is 2.68. The molecule has 4 N–H and O–H groups in total. The predicted molar refractivity (Wildman–Crippen MR) is 70.5 cm³/mol. The standard InChI is InChI=1S/C12H20N2O2S/c1-9(5-6-13)7-10-3-4-11(14)12(8-10)17(2,15)16/h3-4,8-9H,5-7,13-14H2,1-2H3. The van der Waals surface area contributed by atoms with Gasteiger partial charge in [-0.1, -0.05) is 13.0 Å². The van der Waals surface area contributed by atoms with E-state index in [-0.39, 0.29) is 4.90 Å². The highest BCUT2D eigenvalue weighted by Gasteiger charge is 2.13. The first kappa shape index (κ1) is 14.0. The molecule has 17 heavy (non-hydrogen) atoms. The summed E-state index contributed by atoms with van der Waals surface area (Å²) in [6.45, 7) is 2.75. The van der Waals surface area contributed by atoms with Crippen LogP contribution in [0.1, 0.15) is 18.9 Å². The van der Waals surface area contributed by atoms with Crippen molar-refractivity contribution in [2.75, 3.05) is 18.5 Å². The zero-order chi connectivity index (χ0) is 13.1. The molecule has 1 aromatic rings. The number of nitrogen functional groups attached to an aromatic ring is 1. The number of benzene rings is 1. The Kier molecular flexibility index (Phi) is 4.54. The van der Waals surface area contributed by atoms with Crippen LogP contribution in [-0.4, -0.2) is 21.2 Å². The molecular formula is C12H20N2O2S. The molecule has 0 aliphatic carbocycles. The van der Waals surface area contributed by atoms with E-state index in [1.807, 2.05) is 6.07 Å². The largest absolute Gasteiger partial charge is 0.398 e. The molecule has 0 saturated heterocycles. The van der Waals surface area contributed by atoms with Crippen molar-refractivity contribution < 1.29 is 8.42 Å². The van der Waals surface area contributed by atoms with Crippen LogP contribution in [0.25, 0.3) is 0 Å². The van der Waals surface area contributed by atoms with E-state index in [0.29, 0.717) is 18.2 Å². The Balaban J connectivity index is 2.97. The molecule has 1 rings (SSSR count). The molecule has 0 heterocycles. The van der Waals surface area contributed by atoms with E-state index in [1.165, 1.54) is 6.26 Å². The lowest BCUT2D eigenvalue weighted by Crippen LogP contribution is -2.09. The highest BCUT2D eigenvalue weighted by atomic mass is 32.2. The molecule has 1 atom stereocenters. The first-order valence-corrected chi connectivity index (χ1v) is 7.52. The van der Waals surface area contributed by atoms with Crippen LogP contribution >= 0.6 is 0 Å². The summed E-state index contributed by atoms with van der Waals surface area (Å²) in [5.41, 5.74) is 12.5. The first-order valence-electron chi connectivity index (χ1n) is 5.63. The molecule has 0 fully saturated rings. The van der Waals surface area contributed by atoms with Crippen LogP contribution in [0.3, 0.4) is 0 Å². The Bertz CT molecular complexity index is 483. The van der Waals surface area contributed by atoms with Gasteiger partial charge < -0.3 is 11.5 Å². The summed E-state index contributed by atoms with van der Waals surface area (Å²) in [4.78, 5) is 0.218. The third kappa shape index (κ3) is 4.02. The van der Waals surface area contributed by atoms with Crippen LogP contribution in [0, 0.1) is 5.92 Å². The summed E-state index contributed by atoms with van der Waals surface area (Å²) >= 11 is 0. The summed E-state index contributed by atoms with van der Waals surface area (Å²) < 4.78 is 23.0. The molecule has 0 aliphatic rings. The maximum Gasteiger partial charge on any atom is 0.177 e.